The van der Waals surface area contributed by atoms with Crippen LogP contribution in [0.25, 0.3) is 0 Å². The molecule has 1 fully saturated rings. The average molecular weight is 684 g/mol. The van der Waals surface area contributed by atoms with Gasteiger partial charge in [0.25, 0.3) is 0 Å². The minimum atomic E-state index is -0.546. The zero-order valence-electron chi connectivity index (χ0n) is 28.6. The number of benzene rings is 3. The number of nitrogens with zero attached hydrogens (tertiary/aromatic N) is 2. The Morgan fingerprint density at radius 1 is 0.900 bits per heavy atom. The number of aromatic nitrogens is 1. The molecule has 0 spiro atoms. The van der Waals surface area contributed by atoms with Crippen molar-refractivity contribution in [2.45, 2.75) is 38.3 Å². The van der Waals surface area contributed by atoms with Crippen molar-refractivity contribution in [1.29, 1.82) is 0 Å². The quantitative estimate of drug-likeness (QED) is 0.140. The van der Waals surface area contributed by atoms with Crippen LogP contribution in [0.2, 0.25) is 0 Å². The number of amides is 2. The second-order valence-electron chi connectivity index (χ2n) is 12.3. The number of anilines is 1. The number of alkyl carbamates (subject to hydrolysis) is 1. The maximum atomic E-state index is 13.9. The van der Waals surface area contributed by atoms with Gasteiger partial charge < -0.3 is 40.3 Å². The number of ether oxygens (including phenoxy) is 4. The molecule has 1 saturated heterocycles. The first kappa shape index (κ1) is 34.5. The van der Waals surface area contributed by atoms with Gasteiger partial charge >= 0.3 is 6.09 Å². The lowest BCUT2D eigenvalue weighted by atomic mass is 9.90. The number of hydrogen-bond acceptors (Lipinski definition) is 10. The maximum absolute atomic E-state index is 13.9. The Morgan fingerprint density at radius 3 is 2.54 bits per heavy atom. The molecule has 2 aliphatic rings. The second kappa shape index (κ2) is 16.3. The largest absolute Gasteiger partial charge is 0.497 e. The van der Waals surface area contributed by atoms with Crippen molar-refractivity contribution in [1.82, 2.24) is 25.5 Å². The third kappa shape index (κ3) is 8.41. The summed E-state index contributed by atoms with van der Waals surface area (Å²) in [6.07, 6.45) is 1.89. The van der Waals surface area contributed by atoms with E-state index in [4.69, 9.17) is 18.9 Å². The molecule has 0 aliphatic carbocycles. The highest BCUT2D eigenvalue weighted by Gasteiger charge is 2.36. The molecule has 2 aliphatic heterocycles. The number of carbonyl (C=O) groups excluding carboxylic acids is 2. The zero-order chi connectivity index (χ0) is 34.9. The molecule has 6 rings (SSSR count). The van der Waals surface area contributed by atoms with Crippen molar-refractivity contribution < 1.29 is 28.5 Å². The number of piperidine rings is 1. The summed E-state index contributed by atoms with van der Waals surface area (Å²) in [7, 11) is 4.82. The van der Waals surface area contributed by atoms with Crippen LogP contribution in [0.4, 0.5) is 10.5 Å². The Balaban J connectivity index is 1.15. The van der Waals surface area contributed by atoms with Crippen molar-refractivity contribution in [3.8, 4) is 17.2 Å². The first-order chi connectivity index (χ1) is 24.4. The van der Waals surface area contributed by atoms with Crippen LogP contribution in [0.15, 0.2) is 85.1 Å². The molecular weight excluding hydrogens is 638 g/mol. The van der Waals surface area contributed by atoms with Gasteiger partial charge in [0.05, 0.1) is 39.6 Å². The summed E-state index contributed by atoms with van der Waals surface area (Å²) in [6, 6.07) is 24.6. The van der Waals surface area contributed by atoms with Gasteiger partial charge in [0, 0.05) is 50.2 Å². The first-order valence-corrected chi connectivity index (χ1v) is 16.7. The van der Waals surface area contributed by atoms with Gasteiger partial charge in [-0.05, 0) is 53.4 Å². The molecular formula is C37H45N7O6. The number of nitrogens with one attached hydrogen (secondary N) is 5. The van der Waals surface area contributed by atoms with Crippen molar-refractivity contribution in [2.24, 2.45) is 5.92 Å². The van der Waals surface area contributed by atoms with E-state index in [9.17, 15) is 9.59 Å². The standard InChI is InChI=1S/C37H45N7O6/c1-47-29-11-7-10-28(19-29)41-35-34-27(14-17-44(34)40-24-39-35)21-43-16-15-31(42-37(46)50-23-25-8-5-4-6-9-25)30(22-43)36(45)38-20-26-12-13-32(48-2)33(18-26)49-3/h4-14,17-19,30-31,35,39-41H,15-16,20-24H2,1-3H3,(H,38,45)(H,42,46)/t30-,31-,35?/m1/s1. The normalized spacial score (nSPS) is 18.6. The molecule has 5 N–H and O–H groups in total. The van der Waals surface area contributed by atoms with Crippen molar-refractivity contribution >= 4 is 17.7 Å². The molecule has 13 nitrogen and oxygen atoms in total. The molecule has 3 heterocycles. The predicted molar refractivity (Wildman–Crippen MR) is 189 cm³/mol. The van der Waals surface area contributed by atoms with Crippen LogP contribution in [0, 0.1) is 5.92 Å². The molecule has 1 unspecified atom stereocenters. The first-order valence-electron chi connectivity index (χ1n) is 16.7. The lowest BCUT2D eigenvalue weighted by Crippen LogP contribution is -2.55. The van der Waals surface area contributed by atoms with E-state index in [1.54, 1.807) is 21.3 Å². The van der Waals surface area contributed by atoms with Gasteiger partial charge in [-0.2, -0.15) is 0 Å². The van der Waals surface area contributed by atoms with Gasteiger partial charge in [0.1, 0.15) is 18.5 Å². The van der Waals surface area contributed by atoms with Crippen molar-refractivity contribution in [3.05, 3.63) is 107 Å². The third-order valence-electron chi connectivity index (χ3n) is 9.08. The Kier molecular flexibility index (Phi) is 11.3. The fourth-order valence-electron chi connectivity index (χ4n) is 6.48. The van der Waals surface area contributed by atoms with Crippen LogP contribution in [-0.4, -0.2) is 68.7 Å². The highest BCUT2D eigenvalue weighted by molar-refractivity contribution is 5.81. The lowest BCUT2D eigenvalue weighted by molar-refractivity contribution is -0.127. The fourth-order valence-corrected chi connectivity index (χ4v) is 6.48. The molecule has 50 heavy (non-hydrogen) atoms. The minimum absolute atomic E-state index is 0.147. The van der Waals surface area contributed by atoms with Crippen LogP contribution in [0.5, 0.6) is 17.2 Å². The monoisotopic (exact) mass is 683 g/mol. The maximum Gasteiger partial charge on any atom is 0.407 e. The average Bonchev–Trinajstić information content (AvgIpc) is 3.57. The van der Waals surface area contributed by atoms with Gasteiger partial charge in [0.2, 0.25) is 5.91 Å². The third-order valence-corrected chi connectivity index (χ3v) is 9.08. The van der Waals surface area contributed by atoms with Crippen LogP contribution in [-0.2, 0) is 29.2 Å². The molecule has 13 heteroatoms. The molecule has 3 aromatic carbocycles. The van der Waals surface area contributed by atoms with Crippen molar-refractivity contribution in [3.63, 3.8) is 0 Å². The van der Waals surface area contributed by atoms with E-state index in [2.05, 4.69) is 37.7 Å². The number of methoxy groups -OCH3 is 3. The van der Waals surface area contributed by atoms with Gasteiger partial charge in [0.15, 0.2) is 11.5 Å². The number of fused-ring (bicyclic) bond motifs is 1. The highest BCUT2D eigenvalue weighted by Crippen LogP contribution is 2.29. The zero-order valence-corrected chi connectivity index (χ0v) is 28.6. The van der Waals surface area contributed by atoms with Gasteiger partial charge in [-0.25, -0.2) is 4.79 Å². The fraction of sp³-hybridized carbons (Fsp3) is 0.351. The minimum Gasteiger partial charge on any atom is -0.497 e. The predicted octanol–water partition coefficient (Wildman–Crippen LogP) is 4.16. The van der Waals surface area contributed by atoms with Crippen LogP contribution in [0.3, 0.4) is 0 Å². The summed E-state index contributed by atoms with van der Waals surface area (Å²) in [5, 5.41) is 13.2. The van der Waals surface area contributed by atoms with E-state index >= 15 is 0 Å². The summed E-state index contributed by atoms with van der Waals surface area (Å²) in [6.45, 7) is 2.77. The van der Waals surface area contributed by atoms with Crippen molar-refractivity contribution in [2.75, 3.05) is 51.8 Å². The summed E-state index contributed by atoms with van der Waals surface area (Å²) in [4.78, 5) is 29.1. The SMILES string of the molecule is COc1cccc(NC2NCNn3ccc(CN4CC[C@@H](NC(=O)OCc5ccccc5)[C@H](C(=O)NCc5ccc(OC)c(OC)c5)C4)c32)c1. The molecule has 0 bridgehead atoms. The van der Waals surface area contributed by atoms with Crippen LogP contribution >= 0.6 is 0 Å². The second-order valence-corrected chi connectivity index (χ2v) is 12.3. The lowest BCUT2D eigenvalue weighted by Gasteiger charge is -2.38. The van der Waals surface area contributed by atoms with E-state index in [0.29, 0.717) is 50.8 Å². The van der Waals surface area contributed by atoms with Gasteiger partial charge in [-0.1, -0.05) is 42.5 Å². The number of likely N-dealkylation sites (tertiary alicyclic amines) is 1. The summed E-state index contributed by atoms with van der Waals surface area (Å²) < 4.78 is 23.8. The molecule has 0 saturated carbocycles. The molecule has 0 radical (unpaired) electrons. The molecule has 3 atom stereocenters. The van der Waals surface area contributed by atoms with Gasteiger partial charge in [-0.3, -0.25) is 19.7 Å². The molecule has 264 valence electrons. The van der Waals surface area contributed by atoms with E-state index in [0.717, 1.165) is 33.8 Å². The van der Waals surface area contributed by atoms with E-state index in [1.165, 1.54) is 0 Å². The Morgan fingerprint density at radius 2 is 1.74 bits per heavy atom. The molecule has 2 amide bonds. The summed E-state index contributed by atoms with van der Waals surface area (Å²) in [5.74, 6) is 1.30. The smallest absolute Gasteiger partial charge is 0.407 e. The Hall–Kier alpha value is -5.40. The summed E-state index contributed by atoms with van der Waals surface area (Å²) >= 11 is 0. The number of hydrogen-bond donors (Lipinski definition) is 5. The van der Waals surface area contributed by atoms with E-state index in [1.807, 2.05) is 83.7 Å². The molecule has 1 aromatic heterocycles. The number of rotatable bonds is 13. The topological polar surface area (TPSA) is 139 Å². The Bertz CT molecular complexity index is 1750. The number of carbonyl (C=O) groups is 2. The van der Waals surface area contributed by atoms with E-state index < -0.39 is 18.1 Å². The van der Waals surface area contributed by atoms with E-state index in [-0.39, 0.29) is 18.7 Å². The van der Waals surface area contributed by atoms with Crippen LogP contribution < -0.4 is 40.9 Å². The summed E-state index contributed by atoms with van der Waals surface area (Å²) in [5.41, 5.74) is 8.22. The van der Waals surface area contributed by atoms with Crippen LogP contribution in [0.1, 0.15) is 35.0 Å². The Labute approximate surface area is 292 Å². The van der Waals surface area contributed by atoms with Gasteiger partial charge in [-0.15, -0.1) is 0 Å². The highest BCUT2D eigenvalue weighted by atomic mass is 16.5. The molecule has 4 aromatic rings.